The zero-order valence-electron chi connectivity index (χ0n) is 21.3. The molecule has 0 fully saturated rings. The van der Waals surface area contributed by atoms with Crippen molar-refractivity contribution >= 4 is 34.2 Å². The summed E-state index contributed by atoms with van der Waals surface area (Å²) in [6.45, 7) is 2.06. The lowest BCUT2D eigenvalue weighted by Gasteiger charge is -2.13. The number of anilines is 2. The number of benzene rings is 2. The van der Waals surface area contributed by atoms with E-state index in [1.165, 1.54) is 6.08 Å². The molecule has 0 bridgehead atoms. The number of amides is 2. The molecule has 38 heavy (non-hydrogen) atoms. The molecule has 4 rings (SSSR count). The number of hydrogen-bond acceptors (Lipinski definition) is 7. The molecule has 0 aliphatic heterocycles. The van der Waals surface area contributed by atoms with Crippen molar-refractivity contribution in [1.82, 2.24) is 14.9 Å². The molecule has 0 saturated heterocycles. The minimum atomic E-state index is -0.263. The van der Waals surface area contributed by atoms with Gasteiger partial charge < -0.3 is 25.0 Å². The van der Waals surface area contributed by atoms with Crippen LogP contribution in [0, 0.1) is 0 Å². The van der Waals surface area contributed by atoms with Crippen LogP contribution in [0.4, 0.5) is 11.5 Å². The molecule has 0 saturated carbocycles. The van der Waals surface area contributed by atoms with Gasteiger partial charge in [-0.2, -0.15) is 0 Å². The molecule has 0 spiro atoms. The van der Waals surface area contributed by atoms with Crippen LogP contribution in [0.3, 0.4) is 0 Å². The van der Waals surface area contributed by atoms with Crippen molar-refractivity contribution < 1.29 is 19.1 Å². The summed E-state index contributed by atoms with van der Waals surface area (Å²) < 4.78 is 11.2. The fourth-order valence-corrected chi connectivity index (χ4v) is 3.58. The van der Waals surface area contributed by atoms with Crippen molar-refractivity contribution in [3.05, 3.63) is 96.8 Å². The highest BCUT2D eigenvalue weighted by atomic mass is 16.5. The molecule has 2 heterocycles. The molecule has 9 nitrogen and oxygen atoms in total. The summed E-state index contributed by atoms with van der Waals surface area (Å²) in [7, 11) is 3.62. The highest BCUT2D eigenvalue weighted by Gasteiger charge is 2.10. The van der Waals surface area contributed by atoms with Crippen LogP contribution in [0.2, 0.25) is 0 Å². The maximum Gasteiger partial charge on any atom is 0.256 e. The van der Waals surface area contributed by atoms with E-state index in [0.717, 1.165) is 17.4 Å². The SMILES string of the molecule is COCCN(C)C/C=C\C(=O)Nc1ccc2nccc(Oc3ccc(C(=O)Nc4ccccn4)cc3)c2c1. The van der Waals surface area contributed by atoms with Crippen molar-refractivity contribution in [3.8, 4) is 11.5 Å². The number of aromatic nitrogens is 2. The Kier molecular flexibility index (Phi) is 9.12. The number of hydrogen-bond donors (Lipinski definition) is 2. The summed E-state index contributed by atoms with van der Waals surface area (Å²) in [5, 5.41) is 6.37. The second-order valence-electron chi connectivity index (χ2n) is 8.48. The Balaban J connectivity index is 1.41. The molecule has 2 aromatic carbocycles. The predicted molar refractivity (Wildman–Crippen MR) is 148 cm³/mol. The van der Waals surface area contributed by atoms with E-state index in [0.29, 0.717) is 41.7 Å². The normalized spacial score (nSPS) is 11.1. The first-order valence-corrected chi connectivity index (χ1v) is 12.1. The third-order valence-electron chi connectivity index (χ3n) is 5.58. The minimum absolute atomic E-state index is 0.226. The highest BCUT2D eigenvalue weighted by Crippen LogP contribution is 2.31. The van der Waals surface area contributed by atoms with Crippen LogP contribution in [-0.2, 0) is 9.53 Å². The molecule has 2 amide bonds. The molecule has 0 aliphatic rings. The lowest BCUT2D eigenvalue weighted by atomic mass is 10.1. The van der Waals surface area contributed by atoms with Gasteiger partial charge in [-0.05, 0) is 67.7 Å². The topological polar surface area (TPSA) is 106 Å². The molecular formula is C29H29N5O4. The second kappa shape index (κ2) is 13.1. The number of nitrogens with zero attached hydrogens (tertiary/aromatic N) is 3. The van der Waals surface area contributed by atoms with Crippen molar-refractivity contribution in [3.63, 3.8) is 0 Å². The molecule has 0 unspecified atom stereocenters. The number of methoxy groups -OCH3 is 1. The van der Waals surface area contributed by atoms with Crippen LogP contribution in [0.25, 0.3) is 10.9 Å². The maximum absolute atomic E-state index is 12.5. The van der Waals surface area contributed by atoms with Gasteiger partial charge in [0.15, 0.2) is 0 Å². The van der Waals surface area contributed by atoms with E-state index in [2.05, 4.69) is 25.5 Å². The molecule has 2 aromatic heterocycles. The summed E-state index contributed by atoms with van der Waals surface area (Å²) in [5.74, 6) is 1.12. The van der Waals surface area contributed by atoms with Gasteiger partial charge in [0.1, 0.15) is 17.3 Å². The summed E-state index contributed by atoms with van der Waals surface area (Å²) in [4.78, 5) is 35.4. The Bertz CT molecular complexity index is 1410. The van der Waals surface area contributed by atoms with Crippen LogP contribution >= 0.6 is 0 Å². The van der Waals surface area contributed by atoms with Crippen LogP contribution in [-0.4, -0.2) is 60.5 Å². The number of nitrogens with one attached hydrogen (secondary N) is 2. The first-order valence-electron chi connectivity index (χ1n) is 12.1. The fraction of sp³-hybridized carbons (Fsp3) is 0.172. The quantitative estimate of drug-likeness (QED) is 0.280. The number of likely N-dealkylation sites (N-methyl/N-ethyl adjacent to an activating group) is 1. The maximum atomic E-state index is 12.5. The Morgan fingerprint density at radius 2 is 1.82 bits per heavy atom. The Hall–Kier alpha value is -4.60. The average Bonchev–Trinajstić information content (AvgIpc) is 2.93. The molecule has 0 aliphatic carbocycles. The monoisotopic (exact) mass is 511 g/mol. The Morgan fingerprint density at radius 1 is 0.974 bits per heavy atom. The average molecular weight is 512 g/mol. The highest BCUT2D eigenvalue weighted by molar-refractivity contribution is 6.04. The lowest BCUT2D eigenvalue weighted by Crippen LogP contribution is -2.23. The first-order chi connectivity index (χ1) is 18.5. The fourth-order valence-electron chi connectivity index (χ4n) is 3.58. The zero-order chi connectivity index (χ0) is 26.7. The van der Waals surface area contributed by atoms with Gasteiger partial charge in [-0.1, -0.05) is 12.1 Å². The van der Waals surface area contributed by atoms with E-state index in [9.17, 15) is 9.59 Å². The minimum Gasteiger partial charge on any atom is -0.457 e. The summed E-state index contributed by atoms with van der Waals surface area (Å²) in [5.41, 5.74) is 1.83. The summed E-state index contributed by atoms with van der Waals surface area (Å²) in [6, 6.07) is 19.3. The summed E-state index contributed by atoms with van der Waals surface area (Å²) >= 11 is 0. The Labute approximate surface area is 221 Å². The number of ether oxygens (including phenoxy) is 2. The van der Waals surface area contributed by atoms with Crippen molar-refractivity contribution in [1.29, 1.82) is 0 Å². The van der Waals surface area contributed by atoms with E-state index in [1.54, 1.807) is 74.1 Å². The van der Waals surface area contributed by atoms with Gasteiger partial charge in [0.05, 0.1) is 12.1 Å². The number of carbonyl (C=O) groups excluding carboxylic acids is 2. The Morgan fingerprint density at radius 3 is 2.58 bits per heavy atom. The van der Waals surface area contributed by atoms with E-state index in [4.69, 9.17) is 9.47 Å². The van der Waals surface area contributed by atoms with E-state index in [1.807, 2.05) is 25.3 Å². The van der Waals surface area contributed by atoms with Gasteiger partial charge in [-0.3, -0.25) is 14.6 Å². The van der Waals surface area contributed by atoms with Crippen LogP contribution in [0.1, 0.15) is 10.4 Å². The van der Waals surface area contributed by atoms with E-state index in [-0.39, 0.29) is 11.8 Å². The number of fused-ring (bicyclic) bond motifs is 1. The van der Waals surface area contributed by atoms with Crippen LogP contribution in [0.15, 0.2) is 91.3 Å². The molecule has 4 aromatic rings. The van der Waals surface area contributed by atoms with E-state index >= 15 is 0 Å². The number of pyridine rings is 2. The van der Waals surface area contributed by atoms with Gasteiger partial charge >= 0.3 is 0 Å². The number of carbonyl (C=O) groups is 2. The second-order valence-corrected chi connectivity index (χ2v) is 8.48. The van der Waals surface area contributed by atoms with Gasteiger partial charge in [-0.15, -0.1) is 0 Å². The standard InChI is InChI=1S/C29H29N5O4/c1-34(18-19-37-2)17-5-7-28(35)32-22-10-13-25-24(20-22)26(14-16-30-25)38-23-11-8-21(9-12-23)29(36)33-27-6-3-4-15-31-27/h3-16,20H,17-19H2,1-2H3,(H,32,35)(H,31,33,36)/b7-5-. The summed E-state index contributed by atoms with van der Waals surface area (Å²) in [6.07, 6.45) is 6.60. The molecule has 0 atom stereocenters. The number of rotatable bonds is 11. The van der Waals surface area contributed by atoms with Crippen molar-refractivity contribution in [2.75, 3.05) is 44.5 Å². The van der Waals surface area contributed by atoms with Crippen LogP contribution in [0.5, 0.6) is 11.5 Å². The lowest BCUT2D eigenvalue weighted by molar-refractivity contribution is -0.111. The van der Waals surface area contributed by atoms with Crippen molar-refractivity contribution in [2.45, 2.75) is 0 Å². The largest absolute Gasteiger partial charge is 0.457 e. The van der Waals surface area contributed by atoms with Gasteiger partial charge in [0, 0.05) is 55.3 Å². The molecular weight excluding hydrogens is 482 g/mol. The zero-order valence-corrected chi connectivity index (χ0v) is 21.3. The predicted octanol–water partition coefficient (Wildman–Crippen LogP) is 4.75. The van der Waals surface area contributed by atoms with Gasteiger partial charge in [0.2, 0.25) is 5.91 Å². The molecule has 2 N–H and O–H groups in total. The van der Waals surface area contributed by atoms with Gasteiger partial charge in [0.25, 0.3) is 5.91 Å². The smallest absolute Gasteiger partial charge is 0.256 e. The molecule has 194 valence electrons. The third kappa shape index (κ3) is 7.45. The van der Waals surface area contributed by atoms with Crippen LogP contribution < -0.4 is 15.4 Å². The first kappa shape index (κ1) is 26.5. The van der Waals surface area contributed by atoms with Gasteiger partial charge in [-0.25, -0.2) is 4.98 Å². The third-order valence-corrected chi connectivity index (χ3v) is 5.58. The molecule has 0 radical (unpaired) electrons. The van der Waals surface area contributed by atoms with E-state index < -0.39 is 0 Å². The van der Waals surface area contributed by atoms with Crippen molar-refractivity contribution in [2.24, 2.45) is 0 Å². The molecule has 9 heteroatoms.